The summed E-state index contributed by atoms with van der Waals surface area (Å²) in [5.41, 5.74) is 2.77. The summed E-state index contributed by atoms with van der Waals surface area (Å²) in [4.78, 5) is 36.3. The summed E-state index contributed by atoms with van der Waals surface area (Å²) < 4.78 is 91.2. The van der Waals surface area contributed by atoms with E-state index in [0.717, 1.165) is 28.6 Å². The maximum atomic E-state index is 13.7. The van der Waals surface area contributed by atoms with Crippen molar-refractivity contribution in [3.05, 3.63) is 108 Å². The maximum absolute atomic E-state index is 13.7. The van der Waals surface area contributed by atoms with Crippen LogP contribution in [0.15, 0.2) is 91.1 Å². The van der Waals surface area contributed by atoms with Crippen LogP contribution in [0.1, 0.15) is 33.3 Å². The van der Waals surface area contributed by atoms with E-state index in [1.807, 2.05) is 28.5 Å². The number of aryl methyl sites for hydroxylation is 1. The Bertz CT molecular complexity index is 2100. The summed E-state index contributed by atoms with van der Waals surface area (Å²) in [5.74, 6) is -0.157. The number of benzene rings is 3. The van der Waals surface area contributed by atoms with Crippen molar-refractivity contribution in [2.45, 2.75) is 32.0 Å². The minimum Gasteiger partial charge on any atom is -0.484 e. The number of carbonyl (C=O) groups is 2. The third-order valence-corrected chi connectivity index (χ3v) is 8.97. The zero-order valence-corrected chi connectivity index (χ0v) is 29.3. The Hall–Kier alpha value is -5.77. The third-order valence-electron chi connectivity index (χ3n) is 8.97. The number of alkyl halides is 6. The van der Waals surface area contributed by atoms with Crippen molar-refractivity contribution >= 4 is 28.4 Å². The van der Waals surface area contributed by atoms with Gasteiger partial charge in [0.1, 0.15) is 22.9 Å². The Morgan fingerprint density at radius 2 is 1.56 bits per heavy atom. The normalized spacial score (nSPS) is 15.3. The number of fused-ring (bicyclic) bond motifs is 1. The molecule has 284 valence electrons. The molecule has 0 N–H and O–H groups in total. The first kappa shape index (κ1) is 38.0. The maximum Gasteiger partial charge on any atom is 0.573 e. The first-order chi connectivity index (χ1) is 25.5. The zero-order chi connectivity index (χ0) is 38.8. The number of rotatable bonds is 10. The molecule has 1 aliphatic heterocycles. The Labute approximate surface area is 306 Å². The molecule has 5 aromatic rings. The highest BCUT2D eigenvalue weighted by Crippen LogP contribution is 2.30. The number of anilines is 1. The Morgan fingerprint density at radius 1 is 0.870 bits per heavy atom. The van der Waals surface area contributed by atoms with Gasteiger partial charge >= 0.3 is 12.5 Å². The fraction of sp³-hybridized carbons (Fsp3) is 0.289. The molecule has 2 amide bonds. The molecule has 3 aromatic carbocycles. The predicted molar refractivity (Wildman–Crippen MR) is 187 cm³/mol. The molecule has 0 unspecified atom stereocenters. The highest BCUT2D eigenvalue weighted by Gasteiger charge is 2.32. The second kappa shape index (κ2) is 15.3. The average molecular weight is 756 g/mol. The number of hydrogen-bond acceptors (Lipinski definition) is 7. The molecule has 54 heavy (non-hydrogen) atoms. The number of hydrogen-bond donors (Lipinski definition) is 0. The molecule has 1 aliphatic rings. The minimum atomic E-state index is -4.84. The van der Waals surface area contributed by atoms with Gasteiger partial charge in [-0.3, -0.25) is 14.5 Å². The molecule has 0 bridgehead atoms. The van der Waals surface area contributed by atoms with Gasteiger partial charge in [0.15, 0.2) is 6.61 Å². The van der Waals surface area contributed by atoms with Crippen molar-refractivity contribution in [1.82, 2.24) is 19.4 Å². The van der Waals surface area contributed by atoms with Gasteiger partial charge in [0.2, 0.25) is 5.88 Å². The first-order valence-electron chi connectivity index (χ1n) is 16.7. The van der Waals surface area contributed by atoms with Gasteiger partial charge in [-0.15, -0.1) is 13.2 Å². The molecule has 10 nitrogen and oxygen atoms in total. The third kappa shape index (κ3) is 9.23. The quantitative estimate of drug-likeness (QED) is 0.134. The molecule has 16 heteroatoms. The average Bonchev–Trinajstić information content (AvgIpc) is 3.46. The van der Waals surface area contributed by atoms with Crippen LogP contribution in [0, 0.1) is 0 Å². The first-order valence-corrected chi connectivity index (χ1v) is 16.7. The van der Waals surface area contributed by atoms with Gasteiger partial charge in [-0.1, -0.05) is 12.1 Å². The van der Waals surface area contributed by atoms with Gasteiger partial charge in [-0.25, -0.2) is 4.98 Å². The number of carbonyl (C=O) groups excluding carboxylic acids is 2. The standard InChI is InChI=1S/C38H35F6N5O5/c1-24-21-49(17-16-48(24)22-25-4-10-29(11-5-25)52-23-37(39,40)41)36(51)33-18-27-8-14-31(19-32(27)47(33)3)53-34-15-9-28(20-45-34)46(2)35(50)26-6-12-30(13-7-26)54-38(42,43)44/h4-15,18-20,24H,16-17,21-23H2,1-3H3/t24-/m0/s1. The van der Waals surface area contributed by atoms with Gasteiger partial charge in [-0.2, -0.15) is 13.2 Å². The Balaban J connectivity index is 1.05. The van der Waals surface area contributed by atoms with E-state index in [9.17, 15) is 35.9 Å². The van der Waals surface area contributed by atoms with E-state index in [4.69, 9.17) is 9.47 Å². The topological polar surface area (TPSA) is 89.4 Å². The number of halogens is 6. The van der Waals surface area contributed by atoms with E-state index < -0.39 is 30.8 Å². The lowest BCUT2D eigenvalue weighted by molar-refractivity contribution is -0.274. The molecule has 0 aliphatic carbocycles. The van der Waals surface area contributed by atoms with Crippen molar-refractivity contribution in [2.75, 3.05) is 38.2 Å². The Kier molecular flexibility index (Phi) is 10.8. The van der Waals surface area contributed by atoms with Crippen molar-refractivity contribution in [2.24, 2.45) is 7.05 Å². The number of ether oxygens (including phenoxy) is 3. The van der Waals surface area contributed by atoms with Gasteiger partial charge in [0.05, 0.1) is 17.4 Å². The van der Waals surface area contributed by atoms with Crippen LogP contribution in [0.4, 0.5) is 32.0 Å². The number of piperazine rings is 1. The number of aromatic nitrogens is 2. The van der Waals surface area contributed by atoms with Crippen LogP contribution in [-0.2, 0) is 13.6 Å². The van der Waals surface area contributed by atoms with Crippen molar-refractivity contribution in [3.63, 3.8) is 0 Å². The van der Waals surface area contributed by atoms with E-state index >= 15 is 0 Å². The van der Waals surface area contributed by atoms with Crippen LogP contribution in [0.5, 0.6) is 23.1 Å². The minimum absolute atomic E-state index is 0.0311. The number of pyridine rings is 1. The van der Waals surface area contributed by atoms with Crippen LogP contribution in [0.3, 0.4) is 0 Å². The summed E-state index contributed by atoms with van der Waals surface area (Å²) in [6.45, 7) is 2.87. The van der Waals surface area contributed by atoms with Gasteiger partial charge < -0.3 is 28.6 Å². The molecule has 1 saturated heterocycles. The molecule has 0 spiro atoms. The van der Waals surface area contributed by atoms with E-state index in [0.29, 0.717) is 43.3 Å². The molecule has 0 radical (unpaired) electrons. The summed E-state index contributed by atoms with van der Waals surface area (Å²) in [7, 11) is 3.31. The molecule has 1 atom stereocenters. The fourth-order valence-electron chi connectivity index (χ4n) is 6.11. The van der Waals surface area contributed by atoms with Crippen LogP contribution in [0.25, 0.3) is 10.9 Å². The van der Waals surface area contributed by atoms with E-state index in [2.05, 4.69) is 14.6 Å². The van der Waals surface area contributed by atoms with Crippen LogP contribution >= 0.6 is 0 Å². The van der Waals surface area contributed by atoms with Gasteiger partial charge in [0, 0.05) is 69.4 Å². The number of amides is 2. The van der Waals surface area contributed by atoms with Gasteiger partial charge in [-0.05, 0) is 73.2 Å². The fourth-order valence-corrected chi connectivity index (χ4v) is 6.11. The summed E-state index contributed by atoms with van der Waals surface area (Å²) in [5, 5.41) is 0.837. The molecule has 3 heterocycles. The smallest absolute Gasteiger partial charge is 0.484 e. The lowest BCUT2D eigenvalue weighted by Gasteiger charge is -2.40. The largest absolute Gasteiger partial charge is 0.573 e. The van der Waals surface area contributed by atoms with Crippen molar-refractivity contribution in [1.29, 1.82) is 0 Å². The Morgan fingerprint density at radius 3 is 2.19 bits per heavy atom. The van der Waals surface area contributed by atoms with Crippen LogP contribution < -0.4 is 19.1 Å². The lowest BCUT2D eigenvalue weighted by Crippen LogP contribution is -2.53. The second-order valence-corrected chi connectivity index (χ2v) is 12.8. The van der Waals surface area contributed by atoms with E-state index in [-0.39, 0.29) is 29.1 Å². The molecular weight excluding hydrogens is 720 g/mol. The van der Waals surface area contributed by atoms with Crippen LogP contribution in [-0.4, -0.2) is 83.0 Å². The van der Waals surface area contributed by atoms with Crippen molar-refractivity contribution < 1.29 is 50.1 Å². The molecule has 2 aromatic heterocycles. The highest BCUT2D eigenvalue weighted by molar-refractivity contribution is 6.05. The van der Waals surface area contributed by atoms with E-state index in [1.54, 1.807) is 43.4 Å². The summed E-state index contributed by atoms with van der Waals surface area (Å²) >= 11 is 0. The molecule has 6 rings (SSSR count). The second-order valence-electron chi connectivity index (χ2n) is 12.8. The molecule has 1 fully saturated rings. The monoisotopic (exact) mass is 755 g/mol. The SMILES string of the molecule is C[C@H]1CN(C(=O)c2cc3ccc(Oc4ccc(N(C)C(=O)c5ccc(OC(F)(F)F)cc5)cn4)cc3n2C)CCN1Cc1ccc(OCC(F)(F)F)cc1. The zero-order valence-electron chi connectivity index (χ0n) is 29.3. The predicted octanol–water partition coefficient (Wildman–Crippen LogP) is 7.83. The molecule has 0 saturated carbocycles. The summed E-state index contributed by atoms with van der Waals surface area (Å²) in [6, 6.07) is 21.6. The number of nitrogens with zero attached hydrogens (tertiary/aromatic N) is 5. The highest BCUT2D eigenvalue weighted by atomic mass is 19.4. The summed E-state index contributed by atoms with van der Waals surface area (Å²) in [6.07, 6.45) is -7.81. The van der Waals surface area contributed by atoms with Crippen LogP contribution in [0.2, 0.25) is 0 Å². The van der Waals surface area contributed by atoms with E-state index in [1.165, 1.54) is 42.4 Å². The van der Waals surface area contributed by atoms with Gasteiger partial charge in [0.25, 0.3) is 11.8 Å². The molecular formula is C38H35F6N5O5. The lowest BCUT2D eigenvalue weighted by atomic mass is 10.1. The van der Waals surface area contributed by atoms with Crippen molar-refractivity contribution in [3.8, 4) is 23.1 Å².